The topological polar surface area (TPSA) is 151 Å². The van der Waals surface area contributed by atoms with E-state index in [-0.39, 0.29) is 11.5 Å². The third-order valence-electron chi connectivity index (χ3n) is 5.49. The number of carbonyl (C=O) groups excluding carboxylic acids is 1. The molecule has 0 aliphatic heterocycles. The van der Waals surface area contributed by atoms with Crippen LogP contribution in [0.15, 0.2) is 30.5 Å². The van der Waals surface area contributed by atoms with Crippen molar-refractivity contribution in [2.75, 3.05) is 23.7 Å². The first-order valence-corrected chi connectivity index (χ1v) is 14.0. The molecule has 0 radical (unpaired) electrons. The Morgan fingerprint density at radius 3 is 2.50 bits per heavy atom. The van der Waals surface area contributed by atoms with E-state index in [2.05, 4.69) is 35.0 Å². The lowest BCUT2D eigenvalue weighted by atomic mass is 9.96. The van der Waals surface area contributed by atoms with Crippen molar-refractivity contribution in [1.29, 1.82) is 0 Å². The van der Waals surface area contributed by atoms with E-state index in [1.165, 1.54) is 7.11 Å². The lowest BCUT2D eigenvalue weighted by molar-refractivity contribution is 0.168. The average molecular weight is 564 g/mol. The molecule has 2 heterocycles. The highest BCUT2D eigenvalue weighted by molar-refractivity contribution is 7.93. The van der Waals surface area contributed by atoms with Gasteiger partial charge in [-0.05, 0) is 45.0 Å². The van der Waals surface area contributed by atoms with E-state index < -0.39 is 21.4 Å². The molecule has 2 aromatic heterocycles. The van der Waals surface area contributed by atoms with Crippen LogP contribution in [0.5, 0.6) is 0 Å². The predicted molar refractivity (Wildman–Crippen MR) is 150 cm³/mol. The molecule has 206 valence electrons. The number of halogens is 1. The zero-order valence-electron chi connectivity index (χ0n) is 22.5. The number of sulfonamides is 1. The zero-order chi connectivity index (χ0) is 28.3. The van der Waals surface area contributed by atoms with E-state index in [4.69, 9.17) is 16.6 Å². The van der Waals surface area contributed by atoms with Gasteiger partial charge in [0.05, 0.1) is 35.1 Å². The third kappa shape index (κ3) is 7.35. The minimum atomic E-state index is -3.58. The smallest absolute Gasteiger partial charge is 0.407 e. The molecule has 0 bridgehead atoms. The fourth-order valence-electron chi connectivity index (χ4n) is 3.33. The number of nitrogens with one attached hydrogen (secondary N) is 4. The summed E-state index contributed by atoms with van der Waals surface area (Å²) in [4.78, 5) is 28.6. The summed E-state index contributed by atoms with van der Waals surface area (Å²) < 4.78 is 32.2. The van der Waals surface area contributed by atoms with Crippen LogP contribution < -0.4 is 15.4 Å². The average Bonchev–Trinajstić information content (AvgIpc) is 3.28. The molecule has 1 amide bonds. The molecule has 0 fully saturated rings. The number of hydrogen-bond acceptors (Lipinski definition) is 8. The van der Waals surface area contributed by atoms with Crippen LogP contribution in [0.3, 0.4) is 0 Å². The maximum Gasteiger partial charge on any atom is 0.407 e. The molecule has 13 heteroatoms. The van der Waals surface area contributed by atoms with E-state index >= 15 is 0 Å². The van der Waals surface area contributed by atoms with Gasteiger partial charge in [-0.3, -0.25) is 4.72 Å². The number of anilines is 2. The number of carbonyl (C=O) groups is 1. The number of aromatic amines is 1. The minimum Gasteiger partial charge on any atom is -0.453 e. The molecule has 0 aliphatic rings. The van der Waals surface area contributed by atoms with Crippen molar-refractivity contribution in [3.8, 4) is 22.6 Å². The highest BCUT2D eigenvalue weighted by Gasteiger charge is 2.24. The Morgan fingerprint density at radius 2 is 1.87 bits per heavy atom. The van der Waals surface area contributed by atoms with Crippen molar-refractivity contribution in [2.45, 2.75) is 58.2 Å². The van der Waals surface area contributed by atoms with Crippen LogP contribution in [0.25, 0.3) is 22.6 Å². The summed E-state index contributed by atoms with van der Waals surface area (Å²) in [5, 5.41) is 5.52. The van der Waals surface area contributed by atoms with Crippen molar-refractivity contribution >= 4 is 39.4 Å². The van der Waals surface area contributed by atoms with Gasteiger partial charge in [0.25, 0.3) is 0 Å². The van der Waals surface area contributed by atoms with Crippen LogP contribution in [0.4, 0.5) is 16.4 Å². The van der Waals surface area contributed by atoms with Crippen LogP contribution in [0.1, 0.15) is 47.4 Å². The summed E-state index contributed by atoms with van der Waals surface area (Å²) in [7, 11) is -2.27. The van der Waals surface area contributed by atoms with Crippen LogP contribution in [0.2, 0.25) is 5.02 Å². The van der Waals surface area contributed by atoms with E-state index in [9.17, 15) is 13.2 Å². The number of alkyl carbamates (subject to hydrolysis) is 1. The molecule has 0 spiro atoms. The molecule has 3 aromatic rings. The summed E-state index contributed by atoms with van der Waals surface area (Å²) in [5.41, 5.74) is 2.40. The lowest BCUT2D eigenvalue weighted by Crippen LogP contribution is -2.37. The molecular weight excluding hydrogens is 530 g/mol. The summed E-state index contributed by atoms with van der Waals surface area (Å²) in [6, 6.07) is 6.49. The number of methoxy groups -OCH3 is 1. The molecule has 1 atom stereocenters. The second kappa shape index (κ2) is 11.6. The van der Waals surface area contributed by atoms with Crippen LogP contribution in [-0.2, 0) is 20.2 Å². The summed E-state index contributed by atoms with van der Waals surface area (Å²) in [6.45, 7) is 11.5. The zero-order valence-corrected chi connectivity index (χ0v) is 24.1. The summed E-state index contributed by atoms with van der Waals surface area (Å²) in [6.07, 6.45) is 1.09. The molecule has 3 rings (SSSR count). The van der Waals surface area contributed by atoms with Crippen LogP contribution in [0, 0.1) is 0 Å². The third-order valence-corrected chi connectivity index (χ3v) is 7.47. The van der Waals surface area contributed by atoms with E-state index in [1.807, 2.05) is 27.7 Å². The number of ether oxygens (including phenoxy) is 1. The molecule has 0 unspecified atom stereocenters. The van der Waals surface area contributed by atoms with Gasteiger partial charge in [-0.15, -0.1) is 0 Å². The SMILES string of the molecule is COC(=O)N[C@@H](C)CNc1nccc(-c2[nH]c(C(C)(C)C)nc2-c2cc(Cl)cc(NS(=O)(=O)C(C)C)c2)n1. The number of benzene rings is 1. The Balaban J connectivity index is 2.02. The Kier molecular flexibility index (Phi) is 8.88. The molecule has 1 aromatic carbocycles. The van der Waals surface area contributed by atoms with Gasteiger partial charge in [0.1, 0.15) is 5.82 Å². The van der Waals surface area contributed by atoms with Gasteiger partial charge in [0.15, 0.2) is 0 Å². The summed E-state index contributed by atoms with van der Waals surface area (Å²) in [5.74, 6) is 1.08. The van der Waals surface area contributed by atoms with Crippen molar-refractivity contribution in [2.24, 2.45) is 0 Å². The highest BCUT2D eigenvalue weighted by Crippen LogP contribution is 2.35. The molecule has 38 heavy (non-hydrogen) atoms. The van der Waals surface area contributed by atoms with Crippen LogP contribution in [-0.4, -0.2) is 59.4 Å². The molecular formula is C25H34ClN7O4S. The Morgan fingerprint density at radius 1 is 1.16 bits per heavy atom. The molecule has 4 N–H and O–H groups in total. The minimum absolute atomic E-state index is 0.232. The Bertz CT molecular complexity index is 1400. The quantitative estimate of drug-likeness (QED) is 0.290. The number of rotatable bonds is 9. The molecule has 0 aliphatic carbocycles. The molecule has 0 saturated carbocycles. The van der Waals surface area contributed by atoms with Gasteiger partial charge in [-0.2, -0.15) is 0 Å². The number of H-pyrrole nitrogens is 1. The first-order chi connectivity index (χ1) is 17.7. The second-order valence-electron chi connectivity index (χ2n) is 10.2. The monoisotopic (exact) mass is 563 g/mol. The number of imidazole rings is 1. The van der Waals surface area contributed by atoms with Gasteiger partial charge in [-0.25, -0.2) is 28.2 Å². The predicted octanol–water partition coefficient (Wildman–Crippen LogP) is 4.79. The van der Waals surface area contributed by atoms with Gasteiger partial charge >= 0.3 is 6.09 Å². The maximum absolute atomic E-state index is 12.5. The van der Waals surface area contributed by atoms with Crippen molar-refractivity contribution in [3.05, 3.63) is 41.3 Å². The lowest BCUT2D eigenvalue weighted by Gasteiger charge is -2.14. The van der Waals surface area contributed by atoms with E-state index in [0.29, 0.717) is 45.8 Å². The fraction of sp³-hybridized carbons (Fsp3) is 0.440. The van der Waals surface area contributed by atoms with Gasteiger partial charge in [0, 0.05) is 34.8 Å². The molecule has 11 nitrogen and oxygen atoms in total. The van der Waals surface area contributed by atoms with Crippen molar-refractivity contribution in [3.63, 3.8) is 0 Å². The first-order valence-electron chi connectivity index (χ1n) is 12.0. The van der Waals surface area contributed by atoms with Gasteiger partial charge < -0.3 is 20.4 Å². The highest BCUT2D eigenvalue weighted by atomic mass is 35.5. The first kappa shape index (κ1) is 29.2. The maximum atomic E-state index is 12.5. The molecule has 0 saturated heterocycles. The van der Waals surface area contributed by atoms with E-state index in [1.54, 1.807) is 44.3 Å². The van der Waals surface area contributed by atoms with Crippen molar-refractivity contribution < 1.29 is 17.9 Å². The second-order valence-corrected chi connectivity index (χ2v) is 12.8. The van der Waals surface area contributed by atoms with Gasteiger partial charge in [-0.1, -0.05) is 32.4 Å². The number of nitrogens with zero attached hydrogens (tertiary/aromatic N) is 3. The Labute approximate surface area is 228 Å². The van der Waals surface area contributed by atoms with Crippen molar-refractivity contribution in [1.82, 2.24) is 25.3 Å². The fourth-order valence-corrected chi connectivity index (χ4v) is 4.25. The van der Waals surface area contributed by atoms with Crippen LogP contribution >= 0.6 is 11.6 Å². The number of amides is 1. The number of aromatic nitrogens is 4. The number of hydrogen-bond donors (Lipinski definition) is 4. The van der Waals surface area contributed by atoms with Gasteiger partial charge in [0.2, 0.25) is 16.0 Å². The normalized spacial score (nSPS) is 12.8. The Hall–Kier alpha value is -3.38. The largest absolute Gasteiger partial charge is 0.453 e. The van der Waals surface area contributed by atoms with E-state index in [0.717, 1.165) is 5.82 Å². The standard InChI is InChI=1S/C25H34ClN7O4S/c1-14(2)38(35,36)33-18-11-16(10-17(26)12-18)20-21(32-22(31-20)25(4,5)6)19-8-9-27-23(30-19)28-13-15(3)29-24(34)37-7/h8-12,14-15,33H,13H2,1-7H3,(H,29,34)(H,31,32)(H,27,28,30)/t15-/m0/s1. The summed E-state index contributed by atoms with van der Waals surface area (Å²) >= 11 is 6.40.